The van der Waals surface area contributed by atoms with Gasteiger partial charge in [-0.15, -0.1) is 0 Å². The van der Waals surface area contributed by atoms with Crippen LogP contribution in [0.15, 0.2) is 48.5 Å². The van der Waals surface area contributed by atoms with Gasteiger partial charge in [0.25, 0.3) is 5.91 Å². The number of ether oxygens (including phenoxy) is 1. The van der Waals surface area contributed by atoms with Crippen molar-refractivity contribution in [2.75, 3.05) is 43.6 Å². The number of nitrogens with zero attached hydrogens (tertiary/aromatic N) is 5. The van der Waals surface area contributed by atoms with Gasteiger partial charge in [0.2, 0.25) is 5.95 Å². The summed E-state index contributed by atoms with van der Waals surface area (Å²) in [5, 5.41) is 6.05. The molecule has 0 unspecified atom stereocenters. The van der Waals surface area contributed by atoms with Crippen LogP contribution in [0, 0.1) is 6.92 Å². The van der Waals surface area contributed by atoms with Crippen LogP contribution in [0.4, 0.5) is 17.5 Å². The van der Waals surface area contributed by atoms with E-state index in [1.165, 1.54) is 12.8 Å². The van der Waals surface area contributed by atoms with Gasteiger partial charge in [-0.2, -0.15) is 4.98 Å². The van der Waals surface area contributed by atoms with Gasteiger partial charge in [-0.3, -0.25) is 4.79 Å². The number of aromatic nitrogens is 4. The van der Waals surface area contributed by atoms with Crippen LogP contribution in [0.5, 0.6) is 0 Å². The number of carbonyl (C=O) groups excluding carboxylic acids is 1. The highest BCUT2D eigenvalue weighted by Crippen LogP contribution is 2.39. The monoisotopic (exact) mass is 483 g/mol. The molecule has 1 aliphatic carbocycles. The number of benzene rings is 2. The molecule has 2 aliphatic rings. The minimum absolute atomic E-state index is 0.114. The summed E-state index contributed by atoms with van der Waals surface area (Å²) in [5.41, 5.74) is 5.49. The number of carbonyl (C=O) groups is 1. The Balaban J connectivity index is 1.38. The van der Waals surface area contributed by atoms with Gasteiger partial charge in [-0.1, -0.05) is 6.07 Å². The van der Waals surface area contributed by atoms with Crippen molar-refractivity contribution >= 4 is 34.4 Å². The number of aryl methyl sites for hydroxylation is 1. The zero-order valence-corrected chi connectivity index (χ0v) is 20.5. The minimum Gasteiger partial charge on any atom is -0.378 e. The Labute approximate surface area is 209 Å². The van der Waals surface area contributed by atoms with Gasteiger partial charge in [0.15, 0.2) is 0 Å². The molecule has 2 aromatic heterocycles. The van der Waals surface area contributed by atoms with Crippen molar-refractivity contribution in [3.8, 4) is 11.3 Å². The Morgan fingerprint density at radius 2 is 1.78 bits per heavy atom. The normalized spacial score (nSPS) is 15.8. The molecule has 1 aliphatic heterocycles. The highest BCUT2D eigenvalue weighted by atomic mass is 16.5. The molecule has 9 heteroatoms. The van der Waals surface area contributed by atoms with Crippen LogP contribution in [0.1, 0.15) is 35.1 Å². The third-order valence-electron chi connectivity index (χ3n) is 6.73. The highest BCUT2D eigenvalue weighted by Gasteiger charge is 2.27. The van der Waals surface area contributed by atoms with E-state index in [1.54, 1.807) is 19.2 Å². The number of imidazole rings is 1. The molecule has 0 radical (unpaired) electrons. The smallest absolute Gasteiger partial charge is 0.251 e. The first kappa shape index (κ1) is 22.5. The van der Waals surface area contributed by atoms with Crippen LogP contribution < -0.4 is 15.5 Å². The second-order valence-corrected chi connectivity index (χ2v) is 9.28. The molecule has 2 fully saturated rings. The molecule has 0 bridgehead atoms. The quantitative estimate of drug-likeness (QED) is 0.427. The second kappa shape index (κ2) is 9.23. The van der Waals surface area contributed by atoms with Crippen LogP contribution in [0.3, 0.4) is 0 Å². The number of nitrogens with one attached hydrogen (secondary N) is 2. The zero-order chi connectivity index (χ0) is 24.6. The van der Waals surface area contributed by atoms with Crippen LogP contribution in [-0.4, -0.2) is 58.8 Å². The number of morpholine rings is 1. The van der Waals surface area contributed by atoms with E-state index in [1.807, 2.05) is 18.2 Å². The van der Waals surface area contributed by atoms with E-state index < -0.39 is 0 Å². The van der Waals surface area contributed by atoms with Crippen molar-refractivity contribution < 1.29 is 9.53 Å². The topological polar surface area (TPSA) is 97.2 Å². The summed E-state index contributed by atoms with van der Waals surface area (Å²) in [6, 6.07) is 16.2. The van der Waals surface area contributed by atoms with Crippen LogP contribution in [-0.2, 0) is 4.74 Å². The van der Waals surface area contributed by atoms with Gasteiger partial charge in [-0.25, -0.2) is 9.97 Å². The second-order valence-electron chi connectivity index (χ2n) is 9.28. The summed E-state index contributed by atoms with van der Waals surface area (Å²) in [5.74, 6) is 2.31. The van der Waals surface area contributed by atoms with Crippen molar-refractivity contribution in [2.45, 2.75) is 25.8 Å². The third-order valence-corrected chi connectivity index (χ3v) is 6.73. The molecular weight excluding hydrogens is 454 g/mol. The lowest BCUT2D eigenvalue weighted by Crippen LogP contribution is -2.37. The predicted molar refractivity (Wildman–Crippen MR) is 140 cm³/mol. The minimum atomic E-state index is -0.114. The summed E-state index contributed by atoms with van der Waals surface area (Å²) >= 11 is 0. The van der Waals surface area contributed by atoms with Gasteiger partial charge >= 0.3 is 0 Å². The van der Waals surface area contributed by atoms with E-state index in [2.05, 4.69) is 45.2 Å². The molecule has 1 saturated carbocycles. The first-order chi connectivity index (χ1) is 17.6. The van der Waals surface area contributed by atoms with E-state index in [9.17, 15) is 4.79 Å². The molecular formula is C27H29N7O2. The number of hydrogen-bond donors (Lipinski definition) is 2. The SMILES string of the molecule is CNC(=O)c1ccc(Nc2cc(-c3ccc4nc(C)n(C5CC5)c4c3)nc(N3CCOCC3)n2)cc1. The fourth-order valence-electron chi connectivity index (χ4n) is 4.71. The summed E-state index contributed by atoms with van der Waals surface area (Å²) < 4.78 is 7.90. The number of amides is 1. The van der Waals surface area contributed by atoms with E-state index in [0.717, 1.165) is 46.9 Å². The third kappa shape index (κ3) is 4.37. The molecule has 1 saturated heterocycles. The molecule has 6 rings (SSSR count). The Hall–Kier alpha value is -3.98. The number of fused-ring (bicyclic) bond motifs is 1. The van der Waals surface area contributed by atoms with Crippen molar-refractivity contribution in [3.63, 3.8) is 0 Å². The molecule has 4 aromatic rings. The number of anilines is 3. The Bertz CT molecular complexity index is 1420. The number of hydrogen-bond acceptors (Lipinski definition) is 7. The van der Waals surface area contributed by atoms with Gasteiger partial charge in [0.05, 0.1) is 29.9 Å². The van der Waals surface area contributed by atoms with Gasteiger partial charge in [0.1, 0.15) is 11.6 Å². The van der Waals surface area contributed by atoms with Crippen molar-refractivity contribution in [1.29, 1.82) is 0 Å². The van der Waals surface area contributed by atoms with Crippen molar-refractivity contribution in [3.05, 3.63) is 59.9 Å². The fraction of sp³-hybridized carbons (Fsp3) is 0.333. The summed E-state index contributed by atoms with van der Waals surface area (Å²) in [7, 11) is 1.63. The van der Waals surface area contributed by atoms with Crippen molar-refractivity contribution in [1.82, 2.24) is 24.8 Å². The highest BCUT2D eigenvalue weighted by molar-refractivity contribution is 5.94. The average Bonchev–Trinajstić information content (AvgIpc) is 3.69. The zero-order valence-electron chi connectivity index (χ0n) is 20.5. The first-order valence-corrected chi connectivity index (χ1v) is 12.4. The molecule has 0 spiro atoms. The Kier molecular flexibility index (Phi) is 5.77. The summed E-state index contributed by atoms with van der Waals surface area (Å²) in [6.07, 6.45) is 2.41. The van der Waals surface area contributed by atoms with Crippen LogP contribution in [0.25, 0.3) is 22.3 Å². The molecule has 184 valence electrons. The molecule has 0 atom stereocenters. The van der Waals surface area contributed by atoms with Crippen LogP contribution >= 0.6 is 0 Å². The maximum atomic E-state index is 11.9. The van der Waals surface area contributed by atoms with Gasteiger partial charge in [0, 0.05) is 49.1 Å². The molecule has 1 amide bonds. The standard InChI is InChI=1S/C27H29N7O2/c1-17-29-22-10-5-19(15-24(22)34(17)21-8-9-21)23-16-25(32-27(31-23)33-11-13-36-14-12-33)30-20-6-3-18(4-7-20)26(35)28-2/h3-7,10,15-16,21H,8-9,11-14H2,1-2H3,(H,28,35)(H,30,31,32). The molecule has 2 aromatic carbocycles. The van der Waals surface area contributed by atoms with E-state index in [4.69, 9.17) is 19.7 Å². The fourth-order valence-corrected chi connectivity index (χ4v) is 4.71. The van der Waals surface area contributed by atoms with E-state index in [-0.39, 0.29) is 5.91 Å². The number of rotatable bonds is 6. The lowest BCUT2D eigenvalue weighted by Gasteiger charge is -2.27. The maximum Gasteiger partial charge on any atom is 0.251 e. The van der Waals surface area contributed by atoms with E-state index in [0.29, 0.717) is 36.6 Å². The molecule has 36 heavy (non-hydrogen) atoms. The van der Waals surface area contributed by atoms with Crippen LogP contribution in [0.2, 0.25) is 0 Å². The Morgan fingerprint density at radius 3 is 2.50 bits per heavy atom. The van der Waals surface area contributed by atoms with Gasteiger partial charge < -0.3 is 24.8 Å². The summed E-state index contributed by atoms with van der Waals surface area (Å²) in [6.45, 7) is 4.88. The Morgan fingerprint density at radius 1 is 1.00 bits per heavy atom. The lowest BCUT2D eigenvalue weighted by molar-refractivity contribution is 0.0963. The molecule has 2 N–H and O–H groups in total. The van der Waals surface area contributed by atoms with Gasteiger partial charge in [-0.05, 0) is 56.2 Å². The maximum absolute atomic E-state index is 11.9. The molecule has 3 heterocycles. The lowest BCUT2D eigenvalue weighted by atomic mass is 10.1. The molecule has 9 nitrogen and oxygen atoms in total. The largest absolute Gasteiger partial charge is 0.378 e. The van der Waals surface area contributed by atoms with E-state index >= 15 is 0 Å². The first-order valence-electron chi connectivity index (χ1n) is 12.4. The predicted octanol–water partition coefficient (Wildman–Crippen LogP) is 4.08. The van der Waals surface area contributed by atoms with Crippen molar-refractivity contribution in [2.24, 2.45) is 0 Å². The summed E-state index contributed by atoms with van der Waals surface area (Å²) in [4.78, 5) is 28.6. The average molecular weight is 484 g/mol.